The molecular weight excluding hydrogens is 236 g/mol. The second-order valence-corrected chi connectivity index (χ2v) is 3.85. The van der Waals surface area contributed by atoms with Crippen LogP contribution in [0.2, 0.25) is 0 Å². The van der Waals surface area contributed by atoms with E-state index < -0.39 is 10.8 Å². The number of anilines is 1. The van der Waals surface area contributed by atoms with Crippen LogP contribution in [0.15, 0.2) is 29.8 Å². The molecule has 6 heteroatoms. The molecule has 0 bridgehead atoms. The van der Waals surface area contributed by atoms with Gasteiger partial charge in [0.25, 0.3) is 5.69 Å². The highest BCUT2D eigenvalue weighted by Crippen LogP contribution is 2.28. The van der Waals surface area contributed by atoms with Gasteiger partial charge in [-0.05, 0) is 26.0 Å². The third kappa shape index (κ3) is 3.58. The molecule has 18 heavy (non-hydrogen) atoms. The van der Waals surface area contributed by atoms with Crippen LogP contribution in [0.4, 0.5) is 11.4 Å². The number of nitrogens with one attached hydrogen (secondary N) is 1. The van der Waals surface area contributed by atoms with Gasteiger partial charge in [-0.25, -0.2) is 0 Å². The van der Waals surface area contributed by atoms with E-state index in [4.69, 9.17) is 4.74 Å². The first-order chi connectivity index (χ1) is 8.43. The summed E-state index contributed by atoms with van der Waals surface area (Å²) in [6.07, 6.45) is 1.37. The highest BCUT2D eigenvalue weighted by Gasteiger charge is 2.16. The Bertz CT molecular complexity index is 505. The molecule has 0 aliphatic carbocycles. The normalized spacial score (nSPS) is 9.50. The first-order valence-electron chi connectivity index (χ1n) is 5.22. The van der Waals surface area contributed by atoms with E-state index >= 15 is 0 Å². The molecule has 1 aromatic carbocycles. The van der Waals surface area contributed by atoms with Gasteiger partial charge in [-0.3, -0.25) is 14.9 Å². The number of nitro groups is 1. The van der Waals surface area contributed by atoms with Crippen LogP contribution < -0.4 is 10.1 Å². The van der Waals surface area contributed by atoms with Crippen LogP contribution in [0.3, 0.4) is 0 Å². The molecule has 1 N–H and O–H groups in total. The number of ether oxygens (including phenoxy) is 1. The zero-order valence-corrected chi connectivity index (χ0v) is 10.4. The topological polar surface area (TPSA) is 81.5 Å². The van der Waals surface area contributed by atoms with Crippen molar-refractivity contribution in [2.75, 3.05) is 12.4 Å². The van der Waals surface area contributed by atoms with Crippen molar-refractivity contribution in [1.29, 1.82) is 0 Å². The molecule has 0 spiro atoms. The minimum Gasteiger partial charge on any atom is -0.496 e. The molecule has 1 aromatic rings. The minimum atomic E-state index is -0.569. The number of nitro benzene ring substituents is 1. The van der Waals surface area contributed by atoms with Crippen molar-refractivity contribution >= 4 is 17.3 Å². The van der Waals surface area contributed by atoms with E-state index in [0.717, 1.165) is 5.57 Å². The van der Waals surface area contributed by atoms with Gasteiger partial charge in [-0.1, -0.05) is 5.57 Å². The Morgan fingerprint density at radius 1 is 1.44 bits per heavy atom. The van der Waals surface area contributed by atoms with Crippen LogP contribution in [-0.4, -0.2) is 17.9 Å². The van der Waals surface area contributed by atoms with Gasteiger partial charge in [0, 0.05) is 6.08 Å². The maximum absolute atomic E-state index is 11.5. The lowest BCUT2D eigenvalue weighted by molar-refractivity contribution is -0.384. The number of hydrogen-bond acceptors (Lipinski definition) is 4. The summed E-state index contributed by atoms with van der Waals surface area (Å²) < 4.78 is 4.90. The molecule has 0 unspecified atom stereocenters. The zero-order valence-electron chi connectivity index (χ0n) is 10.4. The Hall–Kier alpha value is -2.37. The van der Waals surface area contributed by atoms with E-state index in [0.29, 0.717) is 5.75 Å². The van der Waals surface area contributed by atoms with Crippen LogP contribution >= 0.6 is 0 Å². The molecule has 0 aliphatic rings. The lowest BCUT2D eigenvalue weighted by atomic mass is 10.2. The average Bonchev–Trinajstić information content (AvgIpc) is 2.28. The molecule has 0 atom stereocenters. The number of methoxy groups -OCH3 is 1. The Balaban J connectivity index is 3.05. The molecule has 1 rings (SSSR count). The van der Waals surface area contributed by atoms with Gasteiger partial charge in [0.15, 0.2) is 0 Å². The van der Waals surface area contributed by atoms with Gasteiger partial charge >= 0.3 is 0 Å². The summed E-state index contributed by atoms with van der Waals surface area (Å²) in [7, 11) is 1.42. The summed E-state index contributed by atoms with van der Waals surface area (Å²) in [5, 5.41) is 13.3. The Morgan fingerprint density at radius 3 is 2.61 bits per heavy atom. The summed E-state index contributed by atoms with van der Waals surface area (Å²) in [4.78, 5) is 21.8. The van der Waals surface area contributed by atoms with Crippen molar-refractivity contribution in [1.82, 2.24) is 0 Å². The van der Waals surface area contributed by atoms with E-state index in [1.807, 2.05) is 0 Å². The van der Waals surface area contributed by atoms with Crippen molar-refractivity contribution in [2.45, 2.75) is 13.8 Å². The fourth-order valence-electron chi connectivity index (χ4n) is 1.33. The lowest BCUT2D eigenvalue weighted by Crippen LogP contribution is -2.10. The highest BCUT2D eigenvalue weighted by molar-refractivity contribution is 6.01. The second kappa shape index (κ2) is 5.81. The number of hydrogen-bond donors (Lipinski definition) is 1. The van der Waals surface area contributed by atoms with Crippen LogP contribution in [0.5, 0.6) is 5.75 Å². The molecule has 0 radical (unpaired) electrons. The largest absolute Gasteiger partial charge is 0.496 e. The molecule has 6 nitrogen and oxygen atoms in total. The summed E-state index contributed by atoms with van der Waals surface area (Å²) in [5.41, 5.74) is 0.747. The predicted molar refractivity (Wildman–Crippen MR) is 67.7 cm³/mol. The number of carbonyl (C=O) groups excluding carboxylic acids is 1. The Morgan fingerprint density at radius 2 is 2.11 bits per heavy atom. The van der Waals surface area contributed by atoms with Gasteiger partial charge in [-0.15, -0.1) is 0 Å². The number of allylic oxidation sites excluding steroid dienone is 1. The minimum absolute atomic E-state index is 0.142. The summed E-state index contributed by atoms with van der Waals surface area (Å²) in [5.74, 6) is -0.0369. The predicted octanol–water partition coefficient (Wildman–Crippen LogP) is 2.51. The highest BCUT2D eigenvalue weighted by atomic mass is 16.6. The molecule has 0 aromatic heterocycles. The van der Waals surface area contributed by atoms with Gasteiger partial charge in [0.2, 0.25) is 5.91 Å². The van der Waals surface area contributed by atoms with Gasteiger partial charge in [0.05, 0.1) is 18.1 Å². The van der Waals surface area contributed by atoms with E-state index in [1.54, 1.807) is 19.9 Å². The van der Waals surface area contributed by atoms with Crippen LogP contribution in [0, 0.1) is 10.1 Å². The summed E-state index contributed by atoms with van der Waals surface area (Å²) >= 11 is 0. The van der Waals surface area contributed by atoms with Crippen LogP contribution in [0.25, 0.3) is 0 Å². The number of carbonyl (C=O) groups is 1. The third-order valence-corrected chi connectivity index (χ3v) is 2.08. The first-order valence-corrected chi connectivity index (χ1v) is 5.22. The van der Waals surface area contributed by atoms with E-state index in [-0.39, 0.29) is 11.4 Å². The SMILES string of the molecule is COc1ccc(NC(=O)C=C(C)C)c([N+](=O)[O-])c1. The van der Waals surface area contributed by atoms with Crippen molar-refractivity contribution in [3.8, 4) is 5.75 Å². The van der Waals surface area contributed by atoms with E-state index in [9.17, 15) is 14.9 Å². The van der Waals surface area contributed by atoms with Crippen LogP contribution in [-0.2, 0) is 4.79 Å². The maximum Gasteiger partial charge on any atom is 0.296 e. The molecule has 0 saturated heterocycles. The van der Waals surface area contributed by atoms with Gasteiger partial charge < -0.3 is 10.1 Å². The molecular formula is C12H14N2O4. The first kappa shape index (κ1) is 13.7. The molecule has 0 fully saturated rings. The molecule has 0 heterocycles. The van der Waals surface area contributed by atoms with Crippen LogP contribution in [0.1, 0.15) is 13.8 Å². The number of benzene rings is 1. The second-order valence-electron chi connectivity index (χ2n) is 3.85. The maximum atomic E-state index is 11.5. The number of rotatable bonds is 4. The quantitative estimate of drug-likeness (QED) is 0.505. The third-order valence-electron chi connectivity index (χ3n) is 2.08. The summed E-state index contributed by atoms with van der Waals surface area (Å²) in [6, 6.07) is 4.25. The molecule has 0 aliphatic heterocycles. The smallest absolute Gasteiger partial charge is 0.296 e. The van der Waals surface area contributed by atoms with Gasteiger partial charge in [0.1, 0.15) is 11.4 Å². The molecule has 96 valence electrons. The number of nitrogens with zero attached hydrogens (tertiary/aromatic N) is 1. The molecule has 1 amide bonds. The average molecular weight is 250 g/mol. The van der Waals surface area contributed by atoms with Crippen molar-refractivity contribution < 1.29 is 14.5 Å². The molecule has 0 saturated carbocycles. The van der Waals surface area contributed by atoms with Gasteiger partial charge in [-0.2, -0.15) is 0 Å². The lowest BCUT2D eigenvalue weighted by Gasteiger charge is -2.05. The van der Waals surface area contributed by atoms with Crippen molar-refractivity contribution in [3.63, 3.8) is 0 Å². The van der Waals surface area contributed by atoms with E-state index in [1.165, 1.54) is 25.3 Å². The zero-order chi connectivity index (χ0) is 13.7. The monoisotopic (exact) mass is 250 g/mol. The van der Waals surface area contributed by atoms with Crippen molar-refractivity contribution in [2.24, 2.45) is 0 Å². The Labute approximate surface area is 104 Å². The standard InChI is InChI=1S/C12H14N2O4/c1-8(2)6-12(15)13-10-5-4-9(18-3)7-11(10)14(16)17/h4-7H,1-3H3,(H,13,15). The fraction of sp³-hybridized carbons (Fsp3) is 0.250. The number of amides is 1. The van der Waals surface area contributed by atoms with Crippen molar-refractivity contribution in [3.05, 3.63) is 40.0 Å². The van der Waals surface area contributed by atoms with E-state index in [2.05, 4.69) is 5.32 Å². The fourth-order valence-corrected chi connectivity index (χ4v) is 1.33. The summed E-state index contributed by atoms with van der Waals surface area (Å²) in [6.45, 7) is 3.53. The Kier molecular flexibility index (Phi) is 4.42.